The highest BCUT2D eigenvalue weighted by molar-refractivity contribution is 14.0. The minimum Gasteiger partial charge on any atom is -0.356 e. The van der Waals surface area contributed by atoms with E-state index in [1.165, 1.54) is 31.7 Å². The number of aliphatic imine (C=N–C) groups is 1. The van der Waals surface area contributed by atoms with Crippen LogP contribution in [0.5, 0.6) is 0 Å². The minimum absolute atomic E-state index is 0. The maximum Gasteiger partial charge on any atom is 0.191 e. The number of rotatable bonds is 6. The summed E-state index contributed by atoms with van der Waals surface area (Å²) in [5, 5.41) is 11.1. The second-order valence-electron chi connectivity index (χ2n) is 6.15. The average Bonchev–Trinajstić information content (AvgIpc) is 3.03. The van der Waals surface area contributed by atoms with Crippen molar-refractivity contribution in [3.63, 3.8) is 0 Å². The number of nitrogens with zero attached hydrogens (tertiary/aromatic N) is 3. The molecule has 0 spiro atoms. The third kappa shape index (κ3) is 7.82. The number of guanidine groups is 1. The molecule has 2 rings (SSSR count). The van der Waals surface area contributed by atoms with Gasteiger partial charge in [-0.2, -0.15) is 11.3 Å². The summed E-state index contributed by atoms with van der Waals surface area (Å²) in [5.74, 6) is 1.50. The molecule has 0 saturated carbocycles. The number of likely N-dealkylation sites (N-methyl/N-ethyl adjacent to an activating group) is 1. The summed E-state index contributed by atoms with van der Waals surface area (Å²) in [4.78, 5) is 9.26. The van der Waals surface area contributed by atoms with Crippen molar-refractivity contribution in [1.82, 2.24) is 20.4 Å². The number of piperazine rings is 1. The summed E-state index contributed by atoms with van der Waals surface area (Å²) in [7, 11) is 4.03. The van der Waals surface area contributed by atoms with Crippen molar-refractivity contribution in [3.05, 3.63) is 22.4 Å². The van der Waals surface area contributed by atoms with Gasteiger partial charge in [-0.15, -0.1) is 24.0 Å². The van der Waals surface area contributed by atoms with Gasteiger partial charge in [0, 0.05) is 52.9 Å². The first kappa shape index (κ1) is 20.7. The van der Waals surface area contributed by atoms with E-state index in [1.54, 1.807) is 11.3 Å². The zero-order valence-electron chi connectivity index (χ0n) is 14.4. The van der Waals surface area contributed by atoms with Crippen LogP contribution in [0.3, 0.4) is 0 Å². The molecule has 23 heavy (non-hydrogen) atoms. The summed E-state index contributed by atoms with van der Waals surface area (Å²) < 4.78 is 0. The molecule has 2 N–H and O–H groups in total. The third-order valence-electron chi connectivity index (χ3n) is 4.05. The van der Waals surface area contributed by atoms with E-state index in [1.807, 2.05) is 7.05 Å². The van der Waals surface area contributed by atoms with Crippen LogP contribution in [-0.4, -0.2) is 69.1 Å². The molecule has 7 heteroatoms. The van der Waals surface area contributed by atoms with Crippen LogP contribution in [0, 0.1) is 5.92 Å². The first-order chi connectivity index (χ1) is 10.7. The van der Waals surface area contributed by atoms with Crippen molar-refractivity contribution in [3.8, 4) is 0 Å². The Morgan fingerprint density at radius 1 is 1.30 bits per heavy atom. The molecule has 1 unspecified atom stereocenters. The Hall–Kier alpha value is -0.380. The van der Waals surface area contributed by atoms with Crippen molar-refractivity contribution >= 4 is 41.3 Å². The first-order valence-corrected chi connectivity index (χ1v) is 8.98. The van der Waals surface area contributed by atoms with Gasteiger partial charge in [-0.3, -0.25) is 4.99 Å². The van der Waals surface area contributed by atoms with Crippen LogP contribution in [0.1, 0.15) is 12.5 Å². The second kappa shape index (κ2) is 11.2. The predicted molar refractivity (Wildman–Crippen MR) is 111 cm³/mol. The van der Waals surface area contributed by atoms with Gasteiger partial charge in [0.1, 0.15) is 0 Å². The van der Waals surface area contributed by atoms with Crippen LogP contribution in [0.15, 0.2) is 21.8 Å². The van der Waals surface area contributed by atoms with E-state index < -0.39 is 0 Å². The topological polar surface area (TPSA) is 42.9 Å². The smallest absolute Gasteiger partial charge is 0.191 e. The SMILES string of the molecule is CN=C(NCc1ccsc1)NCC(C)CN1CCN(C)CC1.I. The molecule has 0 bridgehead atoms. The molecule has 0 aliphatic carbocycles. The average molecular weight is 451 g/mol. The molecule has 1 aliphatic rings. The molecule has 2 heterocycles. The van der Waals surface area contributed by atoms with E-state index in [4.69, 9.17) is 0 Å². The standard InChI is InChI=1S/C16H29N5S.HI/c1-14(12-21-7-5-20(3)6-8-21)10-18-16(17-2)19-11-15-4-9-22-13-15;/h4,9,13-14H,5-8,10-12H2,1-3H3,(H2,17,18,19);1H. The van der Waals surface area contributed by atoms with Gasteiger partial charge >= 0.3 is 0 Å². The van der Waals surface area contributed by atoms with E-state index in [2.05, 4.69) is 56.2 Å². The molecular weight excluding hydrogens is 421 g/mol. The van der Waals surface area contributed by atoms with E-state index >= 15 is 0 Å². The van der Waals surface area contributed by atoms with Gasteiger partial charge in [0.25, 0.3) is 0 Å². The second-order valence-corrected chi connectivity index (χ2v) is 6.93. The van der Waals surface area contributed by atoms with Crippen molar-refractivity contribution in [2.24, 2.45) is 10.9 Å². The molecule has 1 aliphatic heterocycles. The quantitative estimate of drug-likeness (QED) is 0.394. The lowest BCUT2D eigenvalue weighted by Gasteiger charge is -2.34. The van der Waals surface area contributed by atoms with Crippen molar-refractivity contribution in [1.29, 1.82) is 0 Å². The number of hydrogen-bond acceptors (Lipinski definition) is 4. The highest BCUT2D eigenvalue weighted by Gasteiger charge is 2.16. The van der Waals surface area contributed by atoms with E-state index in [0.717, 1.165) is 25.6 Å². The van der Waals surface area contributed by atoms with E-state index in [-0.39, 0.29) is 24.0 Å². The summed E-state index contributed by atoms with van der Waals surface area (Å²) in [5.41, 5.74) is 1.30. The molecule has 0 amide bonds. The van der Waals surface area contributed by atoms with Crippen LogP contribution in [0.25, 0.3) is 0 Å². The Kier molecular flexibility index (Phi) is 10.1. The molecule has 0 aromatic carbocycles. The van der Waals surface area contributed by atoms with Crippen molar-refractivity contribution < 1.29 is 0 Å². The zero-order valence-corrected chi connectivity index (χ0v) is 17.6. The molecule has 0 radical (unpaired) electrons. The fourth-order valence-corrected chi connectivity index (χ4v) is 3.27. The molecule has 5 nitrogen and oxygen atoms in total. The Bertz CT molecular complexity index is 443. The summed E-state index contributed by atoms with van der Waals surface area (Å²) in [6.45, 7) is 9.98. The Morgan fingerprint density at radius 3 is 2.65 bits per heavy atom. The lowest BCUT2D eigenvalue weighted by molar-refractivity contribution is 0.139. The van der Waals surface area contributed by atoms with Gasteiger partial charge in [-0.05, 0) is 35.4 Å². The molecule has 132 valence electrons. The van der Waals surface area contributed by atoms with Crippen LogP contribution in [0.4, 0.5) is 0 Å². The highest BCUT2D eigenvalue weighted by Crippen LogP contribution is 2.05. The Morgan fingerprint density at radius 2 is 2.04 bits per heavy atom. The van der Waals surface area contributed by atoms with Gasteiger partial charge in [-0.1, -0.05) is 6.92 Å². The molecule has 1 aromatic rings. The van der Waals surface area contributed by atoms with Crippen LogP contribution in [0.2, 0.25) is 0 Å². The first-order valence-electron chi connectivity index (χ1n) is 8.04. The van der Waals surface area contributed by atoms with Gasteiger partial charge in [0.05, 0.1) is 0 Å². The third-order valence-corrected chi connectivity index (χ3v) is 4.78. The van der Waals surface area contributed by atoms with Crippen LogP contribution in [-0.2, 0) is 6.54 Å². The lowest BCUT2D eigenvalue weighted by Crippen LogP contribution is -2.47. The number of thiophene rings is 1. The highest BCUT2D eigenvalue weighted by atomic mass is 127. The minimum atomic E-state index is 0. The van der Waals surface area contributed by atoms with Gasteiger partial charge in [-0.25, -0.2) is 0 Å². The molecule has 1 fully saturated rings. The van der Waals surface area contributed by atoms with E-state index in [9.17, 15) is 0 Å². The number of hydrogen-bond donors (Lipinski definition) is 2. The summed E-state index contributed by atoms with van der Waals surface area (Å²) >= 11 is 1.73. The summed E-state index contributed by atoms with van der Waals surface area (Å²) in [6, 6.07) is 2.14. The summed E-state index contributed by atoms with van der Waals surface area (Å²) in [6.07, 6.45) is 0. The molecule has 1 aromatic heterocycles. The van der Waals surface area contributed by atoms with Crippen LogP contribution >= 0.6 is 35.3 Å². The number of halogens is 1. The maximum atomic E-state index is 4.29. The fourth-order valence-electron chi connectivity index (χ4n) is 2.61. The van der Waals surface area contributed by atoms with Crippen molar-refractivity contribution in [2.75, 3.05) is 53.4 Å². The number of nitrogens with one attached hydrogen (secondary N) is 2. The van der Waals surface area contributed by atoms with Crippen molar-refractivity contribution in [2.45, 2.75) is 13.5 Å². The predicted octanol–water partition coefficient (Wildman–Crippen LogP) is 1.91. The van der Waals surface area contributed by atoms with Gasteiger partial charge in [0.15, 0.2) is 5.96 Å². The van der Waals surface area contributed by atoms with Gasteiger partial charge in [0.2, 0.25) is 0 Å². The van der Waals surface area contributed by atoms with Crippen LogP contribution < -0.4 is 10.6 Å². The van der Waals surface area contributed by atoms with E-state index in [0.29, 0.717) is 5.92 Å². The largest absolute Gasteiger partial charge is 0.356 e. The molecule has 1 saturated heterocycles. The lowest BCUT2D eigenvalue weighted by atomic mass is 10.1. The zero-order chi connectivity index (χ0) is 15.8. The van der Waals surface area contributed by atoms with Gasteiger partial charge < -0.3 is 20.4 Å². The fraction of sp³-hybridized carbons (Fsp3) is 0.688. The normalized spacial score (nSPS) is 18.3. The maximum absolute atomic E-state index is 4.29. The Balaban J connectivity index is 0.00000264. The molecule has 1 atom stereocenters. The molecular formula is C16H30IN5S. The monoisotopic (exact) mass is 451 g/mol. The Labute approximate surface area is 161 Å².